The van der Waals surface area contributed by atoms with Gasteiger partial charge in [0.1, 0.15) is 0 Å². The quantitative estimate of drug-likeness (QED) is 0.767. The first-order chi connectivity index (χ1) is 8.40. The van der Waals surface area contributed by atoms with Crippen molar-refractivity contribution in [1.82, 2.24) is 0 Å². The summed E-state index contributed by atoms with van der Waals surface area (Å²) in [6, 6.07) is 3.36. The van der Waals surface area contributed by atoms with E-state index in [2.05, 4.69) is 36.6 Å². The predicted molar refractivity (Wildman–Crippen MR) is 81.1 cm³/mol. The van der Waals surface area contributed by atoms with E-state index < -0.39 is 10.0 Å². The second-order valence-electron chi connectivity index (χ2n) is 4.41. The SMILES string of the molecule is Nc1cc(Br)c(NS(=O)(=O)C2CCCC2)c(Br)c1. The van der Waals surface area contributed by atoms with Gasteiger partial charge in [0.05, 0.1) is 10.9 Å². The monoisotopic (exact) mass is 396 g/mol. The molecule has 0 saturated heterocycles. The lowest BCUT2D eigenvalue weighted by atomic mass is 10.3. The van der Waals surface area contributed by atoms with Crippen LogP contribution in [-0.4, -0.2) is 13.7 Å². The molecule has 1 aromatic carbocycles. The van der Waals surface area contributed by atoms with E-state index >= 15 is 0 Å². The van der Waals surface area contributed by atoms with Gasteiger partial charge in [-0.25, -0.2) is 8.42 Å². The lowest BCUT2D eigenvalue weighted by Gasteiger charge is -2.16. The minimum Gasteiger partial charge on any atom is -0.399 e. The number of nitrogens with two attached hydrogens (primary N) is 1. The summed E-state index contributed by atoms with van der Waals surface area (Å²) in [5.74, 6) is 0. The number of anilines is 2. The molecule has 0 unspecified atom stereocenters. The van der Waals surface area contributed by atoms with Gasteiger partial charge in [-0.2, -0.15) is 0 Å². The molecular weight excluding hydrogens is 384 g/mol. The molecular formula is C11H14Br2N2O2S. The molecule has 1 aromatic rings. The Morgan fingerprint density at radius 3 is 2.17 bits per heavy atom. The molecule has 0 aromatic heterocycles. The Morgan fingerprint density at radius 1 is 1.17 bits per heavy atom. The number of benzene rings is 1. The zero-order valence-corrected chi connectivity index (χ0v) is 13.6. The van der Waals surface area contributed by atoms with E-state index in [4.69, 9.17) is 5.73 Å². The van der Waals surface area contributed by atoms with Crippen LogP contribution in [0.4, 0.5) is 11.4 Å². The fraction of sp³-hybridized carbons (Fsp3) is 0.455. The molecule has 0 amide bonds. The number of nitrogens with one attached hydrogen (secondary N) is 1. The minimum absolute atomic E-state index is 0.283. The van der Waals surface area contributed by atoms with E-state index in [9.17, 15) is 8.42 Å². The van der Waals surface area contributed by atoms with Crippen LogP contribution in [0.25, 0.3) is 0 Å². The van der Waals surface area contributed by atoms with Crippen molar-refractivity contribution in [1.29, 1.82) is 0 Å². The third kappa shape index (κ3) is 3.00. The maximum Gasteiger partial charge on any atom is 0.235 e. The van der Waals surface area contributed by atoms with E-state index in [1.165, 1.54) is 0 Å². The fourth-order valence-electron chi connectivity index (χ4n) is 2.11. The molecule has 1 aliphatic rings. The van der Waals surface area contributed by atoms with E-state index in [-0.39, 0.29) is 5.25 Å². The number of rotatable bonds is 3. The minimum atomic E-state index is -3.32. The number of halogens is 2. The molecule has 0 radical (unpaired) electrons. The molecule has 0 atom stereocenters. The van der Waals surface area contributed by atoms with Crippen molar-refractivity contribution < 1.29 is 8.42 Å². The van der Waals surface area contributed by atoms with Crippen LogP contribution < -0.4 is 10.5 Å². The average Bonchev–Trinajstić information content (AvgIpc) is 2.77. The van der Waals surface area contributed by atoms with Gasteiger partial charge in [-0.15, -0.1) is 0 Å². The normalized spacial score (nSPS) is 17.0. The van der Waals surface area contributed by atoms with Crippen molar-refractivity contribution in [2.75, 3.05) is 10.5 Å². The van der Waals surface area contributed by atoms with Crippen LogP contribution in [0.3, 0.4) is 0 Å². The maximum atomic E-state index is 12.2. The van der Waals surface area contributed by atoms with Gasteiger partial charge in [0.15, 0.2) is 0 Å². The van der Waals surface area contributed by atoms with Gasteiger partial charge in [-0.1, -0.05) is 12.8 Å². The van der Waals surface area contributed by atoms with Crippen molar-refractivity contribution in [2.24, 2.45) is 0 Å². The van der Waals surface area contributed by atoms with Crippen LogP contribution in [0.2, 0.25) is 0 Å². The van der Waals surface area contributed by atoms with Crippen molar-refractivity contribution >= 4 is 53.3 Å². The highest BCUT2D eigenvalue weighted by molar-refractivity contribution is 9.11. The Hall–Kier alpha value is -0.270. The summed E-state index contributed by atoms with van der Waals surface area (Å²) in [6.45, 7) is 0. The maximum absolute atomic E-state index is 12.2. The molecule has 3 N–H and O–H groups in total. The average molecular weight is 398 g/mol. The van der Waals surface area contributed by atoms with Crippen LogP contribution in [0.5, 0.6) is 0 Å². The zero-order chi connectivity index (χ0) is 13.3. The molecule has 1 fully saturated rings. The van der Waals surface area contributed by atoms with Crippen LogP contribution in [-0.2, 0) is 10.0 Å². The standard InChI is InChI=1S/C11H14Br2N2O2S/c12-9-5-7(14)6-10(13)11(9)15-18(16,17)8-3-1-2-4-8/h5-6,8,15H,1-4,14H2. The highest BCUT2D eigenvalue weighted by atomic mass is 79.9. The molecule has 4 nitrogen and oxygen atoms in total. The molecule has 1 saturated carbocycles. The molecule has 7 heteroatoms. The zero-order valence-electron chi connectivity index (χ0n) is 9.62. The number of nitrogen functional groups attached to an aromatic ring is 1. The Morgan fingerprint density at radius 2 is 1.67 bits per heavy atom. The molecule has 18 heavy (non-hydrogen) atoms. The van der Waals surface area contributed by atoms with E-state index in [1.54, 1.807) is 12.1 Å². The Bertz CT molecular complexity index is 531. The van der Waals surface area contributed by atoms with Crippen LogP contribution in [0.15, 0.2) is 21.1 Å². The lowest BCUT2D eigenvalue weighted by molar-refractivity contribution is 0.585. The van der Waals surface area contributed by atoms with Crippen LogP contribution in [0, 0.1) is 0 Å². The molecule has 0 heterocycles. The summed E-state index contributed by atoms with van der Waals surface area (Å²) in [7, 11) is -3.32. The van der Waals surface area contributed by atoms with Gasteiger partial charge in [0.25, 0.3) is 0 Å². The highest BCUT2D eigenvalue weighted by Crippen LogP contribution is 2.35. The number of hydrogen-bond donors (Lipinski definition) is 2. The van der Waals surface area contributed by atoms with Gasteiger partial charge < -0.3 is 5.73 Å². The smallest absolute Gasteiger partial charge is 0.235 e. The second-order valence-corrected chi connectivity index (χ2v) is 8.08. The van der Waals surface area contributed by atoms with Crippen LogP contribution in [0.1, 0.15) is 25.7 Å². The fourth-order valence-corrected chi connectivity index (χ4v) is 5.42. The van der Waals surface area contributed by atoms with Gasteiger partial charge in [0, 0.05) is 14.6 Å². The van der Waals surface area contributed by atoms with Crippen molar-refractivity contribution in [2.45, 2.75) is 30.9 Å². The first-order valence-electron chi connectivity index (χ1n) is 5.66. The van der Waals surface area contributed by atoms with Crippen molar-refractivity contribution in [3.8, 4) is 0 Å². The first kappa shape index (κ1) is 14.1. The summed E-state index contributed by atoms with van der Waals surface area (Å²) in [4.78, 5) is 0. The summed E-state index contributed by atoms with van der Waals surface area (Å²) in [5, 5.41) is -0.283. The molecule has 0 aliphatic heterocycles. The topological polar surface area (TPSA) is 72.2 Å². The Kier molecular flexibility index (Phi) is 4.23. The summed E-state index contributed by atoms with van der Waals surface area (Å²) < 4.78 is 28.3. The van der Waals surface area contributed by atoms with E-state index in [0.717, 1.165) is 25.7 Å². The summed E-state index contributed by atoms with van der Waals surface area (Å²) in [5.41, 5.74) is 6.75. The van der Waals surface area contributed by atoms with Gasteiger partial charge in [0.2, 0.25) is 10.0 Å². The molecule has 0 spiro atoms. The van der Waals surface area contributed by atoms with Crippen LogP contribution >= 0.6 is 31.9 Å². The third-order valence-corrected chi connectivity index (χ3v) is 6.14. The predicted octanol–water partition coefficient (Wildman–Crippen LogP) is 3.48. The van der Waals surface area contributed by atoms with Crippen molar-refractivity contribution in [3.05, 3.63) is 21.1 Å². The second kappa shape index (κ2) is 5.38. The largest absolute Gasteiger partial charge is 0.399 e. The lowest BCUT2D eigenvalue weighted by Crippen LogP contribution is -2.25. The van der Waals surface area contributed by atoms with Gasteiger partial charge >= 0.3 is 0 Å². The molecule has 1 aliphatic carbocycles. The Labute approximate surface area is 124 Å². The van der Waals surface area contributed by atoms with Crippen molar-refractivity contribution in [3.63, 3.8) is 0 Å². The highest BCUT2D eigenvalue weighted by Gasteiger charge is 2.29. The first-order valence-corrected chi connectivity index (χ1v) is 8.79. The third-order valence-electron chi connectivity index (χ3n) is 3.05. The number of sulfonamides is 1. The number of hydrogen-bond acceptors (Lipinski definition) is 3. The van der Waals surface area contributed by atoms with E-state index in [1.807, 2.05) is 0 Å². The molecule has 2 rings (SSSR count). The molecule has 0 bridgehead atoms. The van der Waals surface area contributed by atoms with E-state index in [0.29, 0.717) is 20.3 Å². The molecule has 100 valence electrons. The van der Waals surface area contributed by atoms with Gasteiger partial charge in [-0.3, -0.25) is 4.72 Å². The van der Waals surface area contributed by atoms with Gasteiger partial charge in [-0.05, 0) is 56.8 Å². The Balaban J connectivity index is 2.29. The summed E-state index contributed by atoms with van der Waals surface area (Å²) >= 11 is 6.64. The summed E-state index contributed by atoms with van der Waals surface area (Å²) in [6.07, 6.45) is 3.43.